The van der Waals surface area contributed by atoms with Gasteiger partial charge in [-0.1, -0.05) is 13.3 Å². The van der Waals surface area contributed by atoms with E-state index in [1.54, 1.807) is 6.26 Å². The van der Waals surface area contributed by atoms with E-state index in [1.807, 2.05) is 19.1 Å². The first-order chi connectivity index (χ1) is 7.74. The molecule has 0 aliphatic carbocycles. The number of ether oxygens (including phenoxy) is 1. The second-order valence-electron chi connectivity index (χ2n) is 3.69. The van der Waals surface area contributed by atoms with Crippen LogP contribution in [0.4, 0.5) is 0 Å². The lowest BCUT2D eigenvalue weighted by molar-refractivity contribution is -0.142. The summed E-state index contributed by atoms with van der Waals surface area (Å²) in [5.41, 5.74) is 0. The fraction of sp³-hybridized carbons (Fsp3) is 0.583. The average Bonchev–Trinajstić information content (AvgIpc) is 2.79. The number of hydrogen-bond acceptors (Lipinski definition) is 4. The van der Waals surface area contributed by atoms with E-state index in [2.05, 4.69) is 12.2 Å². The van der Waals surface area contributed by atoms with Gasteiger partial charge in [0.05, 0.1) is 25.5 Å². The smallest absolute Gasteiger partial charge is 0.319 e. The molecule has 0 aromatic carbocycles. The van der Waals surface area contributed by atoms with Gasteiger partial charge < -0.3 is 9.15 Å². The van der Waals surface area contributed by atoms with Gasteiger partial charge >= 0.3 is 5.97 Å². The van der Waals surface area contributed by atoms with Crippen molar-refractivity contribution in [3.8, 4) is 0 Å². The molecule has 1 heterocycles. The predicted molar refractivity (Wildman–Crippen MR) is 61.0 cm³/mol. The highest BCUT2D eigenvalue weighted by atomic mass is 16.5. The molecule has 1 aromatic heterocycles. The molecule has 0 aliphatic rings. The van der Waals surface area contributed by atoms with Crippen LogP contribution in [0.5, 0.6) is 0 Å². The van der Waals surface area contributed by atoms with Crippen molar-refractivity contribution >= 4 is 5.97 Å². The van der Waals surface area contributed by atoms with Gasteiger partial charge in [0.25, 0.3) is 0 Å². The maximum absolute atomic E-state index is 11.3. The number of esters is 1. The summed E-state index contributed by atoms with van der Waals surface area (Å²) in [7, 11) is 0. The van der Waals surface area contributed by atoms with Gasteiger partial charge in [-0.2, -0.15) is 0 Å². The molecule has 1 atom stereocenters. The molecule has 1 N–H and O–H groups in total. The number of carbonyl (C=O) groups is 1. The lowest BCUT2D eigenvalue weighted by Crippen LogP contribution is -2.27. The first-order valence-corrected chi connectivity index (χ1v) is 5.66. The number of nitrogens with one attached hydrogen (secondary N) is 1. The van der Waals surface area contributed by atoms with Crippen LogP contribution in [0, 0.1) is 0 Å². The zero-order valence-electron chi connectivity index (χ0n) is 9.86. The molecule has 0 aliphatic heterocycles. The molecule has 0 amide bonds. The third kappa shape index (κ3) is 4.49. The highest BCUT2D eigenvalue weighted by Gasteiger charge is 2.09. The monoisotopic (exact) mass is 225 g/mol. The molecular weight excluding hydrogens is 206 g/mol. The maximum atomic E-state index is 11.3. The molecule has 0 bridgehead atoms. The minimum atomic E-state index is -0.216. The number of rotatable bonds is 7. The molecule has 1 rings (SSSR count). The van der Waals surface area contributed by atoms with Crippen LogP contribution in [0.15, 0.2) is 22.8 Å². The Hall–Kier alpha value is -1.29. The summed E-state index contributed by atoms with van der Waals surface area (Å²) in [4.78, 5) is 11.3. The molecule has 1 aromatic rings. The molecule has 0 saturated carbocycles. The standard InChI is InChI=1S/C12H19NO3/c1-3-4-7-16-12(14)9-13-10(2)11-6-5-8-15-11/h5-6,8,10,13H,3-4,7,9H2,1-2H3. The predicted octanol–water partition coefficient (Wildman–Crippen LogP) is 2.27. The fourth-order valence-electron chi connectivity index (χ4n) is 1.26. The zero-order valence-corrected chi connectivity index (χ0v) is 9.86. The van der Waals surface area contributed by atoms with Crippen LogP contribution in [0.3, 0.4) is 0 Å². The first kappa shape index (κ1) is 12.8. The van der Waals surface area contributed by atoms with E-state index in [-0.39, 0.29) is 18.6 Å². The van der Waals surface area contributed by atoms with Gasteiger partial charge in [0.2, 0.25) is 0 Å². The molecule has 0 fully saturated rings. The summed E-state index contributed by atoms with van der Waals surface area (Å²) < 4.78 is 10.2. The summed E-state index contributed by atoms with van der Waals surface area (Å²) >= 11 is 0. The van der Waals surface area contributed by atoms with E-state index in [1.165, 1.54) is 0 Å². The van der Waals surface area contributed by atoms with Gasteiger partial charge in [-0.15, -0.1) is 0 Å². The summed E-state index contributed by atoms with van der Waals surface area (Å²) in [6.07, 6.45) is 3.57. The largest absolute Gasteiger partial charge is 0.468 e. The summed E-state index contributed by atoms with van der Waals surface area (Å²) in [6.45, 7) is 4.72. The van der Waals surface area contributed by atoms with Crippen molar-refractivity contribution in [3.05, 3.63) is 24.2 Å². The quantitative estimate of drug-likeness (QED) is 0.571. The second kappa shape index (κ2) is 7.06. The third-order valence-corrected chi connectivity index (χ3v) is 2.28. The third-order valence-electron chi connectivity index (χ3n) is 2.28. The van der Waals surface area contributed by atoms with Crippen molar-refractivity contribution in [3.63, 3.8) is 0 Å². The van der Waals surface area contributed by atoms with Crippen LogP contribution in [0.1, 0.15) is 38.5 Å². The molecular formula is C12H19NO3. The van der Waals surface area contributed by atoms with Crippen LogP contribution >= 0.6 is 0 Å². The van der Waals surface area contributed by atoms with Crippen molar-refractivity contribution in [2.45, 2.75) is 32.7 Å². The van der Waals surface area contributed by atoms with E-state index < -0.39 is 0 Å². The van der Waals surface area contributed by atoms with E-state index in [9.17, 15) is 4.79 Å². The molecule has 4 nitrogen and oxygen atoms in total. The Morgan fingerprint density at radius 1 is 1.62 bits per heavy atom. The van der Waals surface area contributed by atoms with Gasteiger partial charge in [0.15, 0.2) is 0 Å². The van der Waals surface area contributed by atoms with Crippen molar-refractivity contribution in [2.75, 3.05) is 13.2 Å². The van der Waals surface area contributed by atoms with Crippen molar-refractivity contribution in [2.24, 2.45) is 0 Å². The Bertz CT molecular complexity index is 295. The SMILES string of the molecule is CCCCOC(=O)CNC(C)c1ccco1. The lowest BCUT2D eigenvalue weighted by atomic mass is 10.2. The van der Waals surface area contributed by atoms with Crippen molar-refractivity contribution in [1.29, 1.82) is 0 Å². The Morgan fingerprint density at radius 3 is 3.06 bits per heavy atom. The lowest BCUT2D eigenvalue weighted by Gasteiger charge is -2.10. The molecule has 0 saturated heterocycles. The van der Waals surface area contributed by atoms with Crippen molar-refractivity contribution < 1.29 is 13.9 Å². The molecule has 0 radical (unpaired) electrons. The zero-order chi connectivity index (χ0) is 11.8. The summed E-state index contributed by atoms with van der Waals surface area (Å²) in [5, 5.41) is 3.04. The summed E-state index contributed by atoms with van der Waals surface area (Å²) in [6, 6.07) is 3.72. The minimum Gasteiger partial charge on any atom is -0.468 e. The van der Waals surface area contributed by atoms with E-state index in [0.717, 1.165) is 18.6 Å². The molecule has 1 unspecified atom stereocenters. The van der Waals surface area contributed by atoms with Crippen LogP contribution < -0.4 is 5.32 Å². The molecule has 4 heteroatoms. The normalized spacial score (nSPS) is 12.4. The Labute approximate surface area is 96.0 Å². The van der Waals surface area contributed by atoms with Crippen LogP contribution in [0.2, 0.25) is 0 Å². The topological polar surface area (TPSA) is 51.5 Å². The minimum absolute atomic E-state index is 0.0220. The Kier molecular flexibility index (Phi) is 5.64. The first-order valence-electron chi connectivity index (χ1n) is 5.66. The van der Waals surface area contributed by atoms with Crippen LogP contribution in [-0.2, 0) is 9.53 Å². The number of unbranched alkanes of at least 4 members (excludes halogenated alkanes) is 1. The average molecular weight is 225 g/mol. The molecule has 16 heavy (non-hydrogen) atoms. The van der Waals surface area contributed by atoms with Gasteiger partial charge in [-0.05, 0) is 25.5 Å². The van der Waals surface area contributed by atoms with Gasteiger partial charge in [-0.3, -0.25) is 10.1 Å². The van der Waals surface area contributed by atoms with E-state index in [0.29, 0.717) is 6.61 Å². The number of furan rings is 1. The van der Waals surface area contributed by atoms with Crippen LogP contribution in [-0.4, -0.2) is 19.1 Å². The van der Waals surface area contributed by atoms with Gasteiger partial charge in [-0.25, -0.2) is 0 Å². The van der Waals surface area contributed by atoms with Crippen molar-refractivity contribution in [1.82, 2.24) is 5.32 Å². The maximum Gasteiger partial charge on any atom is 0.319 e. The van der Waals surface area contributed by atoms with Gasteiger partial charge in [0.1, 0.15) is 5.76 Å². The Balaban J connectivity index is 2.16. The van der Waals surface area contributed by atoms with E-state index in [4.69, 9.17) is 9.15 Å². The number of hydrogen-bond donors (Lipinski definition) is 1. The second-order valence-corrected chi connectivity index (χ2v) is 3.69. The highest BCUT2D eigenvalue weighted by Crippen LogP contribution is 2.11. The number of carbonyl (C=O) groups excluding carboxylic acids is 1. The Morgan fingerprint density at radius 2 is 2.44 bits per heavy atom. The highest BCUT2D eigenvalue weighted by molar-refractivity contribution is 5.71. The van der Waals surface area contributed by atoms with Gasteiger partial charge in [0, 0.05) is 0 Å². The molecule has 0 spiro atoms. The van der Waals surface area contributed by atoms with Crippen LogP contribution in [0.25, 0.3) is 0 Å². The van der Waals surface area contributed by atoms with E-state index >= 15 is 0 Å². The summed E-state index contributed by atoms with van der Waals surface area (Å²) in [5.74, 6) is 0.605. The fourth-order valence-corrected chi connectivity index (χ4v) is 1.26. The molecule has 90 valence electrons.